The molecule has 20 heavy (non-hydrogen) atoms. The first kappa shape index (κ1) is 15.0. The van der Waals surface area contributed by atoms with Crippen LogP contribution in [0.4, 0.5) is 0 Å². The highest BCUT2D eigenvalue weighted by atomic mass is 16.5. The number of ether oxygens (including phenoxy) is 1. The molecule has 0 aromatic heterocycles. The molecule has 0 amide bonds. The van der Waals surface area contributed by atoms with Gasteiger partial charge in [0.2, 0.25) is 0 Å². The molecule has 1 fully saturated rings. The second-order valence-electron chi connectivity index (χ2n) is 5.26. The zero-order valence-corrected chi connectivity index (χ0v) is 12.0. The van der Waals surface area contributed by atoms with E-state index in [1.165, 1.54) is 18.4 Å². The molecule has 1 N–H and O–H groups in total. The summed E-state index contributed by atoms with van der Waals surface area (Å²) < 4.78 is 5.41. The van der Waals surface area contributed by atoms with Crippen LogP contribution < -0.4 is 0 Å². The number of hydrogen-bond acceptors (Lipinski definition) is 3. The van der Waals surface area contributed by atoms with E-state index in [4.69, 9.17) is 9.84 Å². The first-order valence-electron chi connectivity index (χ1n) is 7.34. The van der Waals surface area contributed by atoms with E-state index in [1.807, 2.05) is 19.1 Å². The fourth-order valence-corrected chi connectivity index (χ4v) is 2.77. The summed E-state index contributed by atoms with van der Waals surface area (Å²) in [6, 6.07) is 7.33. The first-order chi connectivity index (χ1) is 9.70. The van der Waals surface area contributed by atoms with Gasteiger partial charge in [0.05, 0.1) is 12.2 Å². The van der Waals surface area contributed by atoms with Crippen molar-refractivity contribution in [1.82, 2.24) is 4.90 Å². The molecule has 1 aliphatic rings. The highest BCUT2D eigenvalue weighted by Crippen LogP contribution is 2.26. The Hall–Kier alpha value is -1.39. The van der Waals surface area contributed by atoms with Crippen LogP contribution in [0.15, 0.2) is 24.3 Å². The van der Waals surface area contributed by atoms with E-state index >= 15 is 0 Å². The van der Waals surface area contributed by atoms with Crippen molar-refractivity contribution in [1.29, 1.82) is 0 Å². The number of piperidine rings is 1. The summed E-state index contributed by atoms with van der Waals surface area (Å²) in [5, 5.41) is 8.93. The van der Waals surface area contributed by atoms with Crippen LogP contribution in [0.25, 0.3) is 0 Å². The maximum absolute atomic E-state index is 10.9. The van der Waals surface area contributed by atoms with Crippen LogP contribution in [0, 0.1) is 0 Å². The molecule has 4 heteroatoms. The first-order valence-corrected chi connectivity index (χ1v) is 7.34. The van der Waals surface area contributed by atoms with E-state index in [-0.39, 0.29) is 0 Å². The number of benzene rings is 1. The lowest BCUT2D eigenvalue weighted by Gasteiger charge is -2.32. The number of hydrogen-bond donors (Lipinski definition) is 1. The molecule has 0 spiro atoms. The zero-order valence-electron chi connectivity index (χ0n) is 12.0. The molecular weight excluding hydrogens is 254 g/mol. The summed E-state index contributed by atoms with van der Waals surface area (Å²) >= 11 is 0. The predicted molar refractivity (Wildman–Crippen MR) is 78.3 cm³/mol. The third-order valence-electron chi connectivity index (χ3n) is 3.89. The van der Waals surface area contributed by atoms with Crippen molar-refractivity contribution in [2.75, 3.05) is 32.8 Å². The molecule has 1 saturated heterocycles. The molecule has 0 radical (unpaired) electrons. The summed E-state index contributed by atoms with van der Waals surface area (Å²) in [6.07, 6.45) is 2.37. The van der Waals surface area contributed by atoms with Gasteiger partial charge in [-0.25, -0.2) is 4.79 Å². The highest BCUT2D eigenvalue weighted by Gasteiger charge is 2.21. The normalized spacial score (nSPS) is 19.9. The molecule has 4 nitrogen and oxygen atoms in total. The smallest absolute Gasteiger partial charge is 0.335 e. The quantitative estimate of drug-likeness (QED) is 0.812. The van der Waals surface area contributed by atoms with Gasteiger partial charge in [0.1, 0.15) is 0 Å². The average molecular weight is 277 g/mol. The van der Waals surface area contributed by atoms with Crippen molar-refractivity contribution < 1.29 is 14.6 Å². The molecule has 1 heterocycles. The Kier molecular flexibility index (Phi) is 5.56. The lowest BCUT2D eigenvalue weighted by atomic mass is 9.90. The third kappa shape index (κ3) is 4.05. The number of carbonyl (C=O) groups is 1. The minimum absolute atomic E-state index is 0.359. The Morgan fingerprint density at radius 2 is 2.15 bits per heavy atom. The van der Waals surface area contributed by atoms with Gasteiger partial charge in [0.25, 0.3) is 0 Å². The van der Waals surface area contributed by atoms with Crippen LogP contribution in [0.2, 0.25) is 0 Å². The molecule has 1 aromatic rings. The topological polar surface area (TPSA) is 49.8 Å². The Morgan fingerprint density at radius 3 is 2.80 bits per heavy atom. The summed E-state index contributed by atoms with van der Waals surface area (Å²) in [6.45, 7) is 6.74. The number of likely N-dealkylation sites (tertiary alicyclic amines) is 1. The van der Waals surface area contributed by atoms with Gasteiger partial charge < -0.3 is 14.7 Å². The van der Waals surface area contributed by atoms with Gasteiger partial charge in [-0.3, -0.25) is 0 Å². The SMILES string of the molecule is CCOCCN1CCC[C@@H](c2ccc(C(=O)O)cc2)C1. The van der Waals surface area contributed by atoms with Gasteiger partial charge in [-0.15, -0.1) is 0 Å². The van der Waals surface area contributed by atoms with Crippen LogP contribution in [0.1, 0.15) is 41.6 Å². The van der Waals surface area contributed by atoms with Crippen LogP contribution in [-0.4, -0.2) is 48.8 Å². The zero-order chi connectivity index (χ0) is 14.4. The van der Waals surface area contributed by atoms with Crippen molar-refractivity contribution in [3.63, 3.8) is 0 Å². The van der Waals surface area contributed by atoms with E-state index in [0.717, 1.165) is 32.8 Å². The largest absolute Gasteiger partial charge is 0.478 e. The minimum Gasteiger partial charge on any atom is -0.478 e. The standard InChI is InChI=1S/C16H23NO3/c1-2-20-11-10-17-9-3-4-15(12-17)13-5-7-14(8-6-13)16(18)19/h5-8,15H,2-4,9-12H2,1H3,(H,18,19)/t15-/m1/s1. The summed E-state index contributed by atoms with van der Waals surface area (Å²) in [5.74, 6) is -0.355. The Balaban J connectivity index is 1.92. The maximum atomic E-state index is 10.9. The Morgan fingerprint density at radius 1 is 1.40 bits per heavy atom. The lowest BCUT2D eigenvalue weighted by Crippen LogP contribution is -2.36. The van der Waals surface area contributed by atoms with E-state index in [9.17, 15) is 4.79 Å². The Bertz CT molecular complexity index is 430. The van der Waals surface area contributed by atoms with Crippen LogP contribution in [-0.2, 0) is 4.74 Å². The van der Waals surface area contributed by atoms with Gasteiger partial charge in [0, 0.05) is 19.7 Å². The summed E-state index contributed by atoms with van der Waals surface area (Å²) in [4.78, 5) is 13.3. The molecule has 0 bridgehead atoms. The van der Waals surface area contributed by atoms with Crippen molar-refractivity contribution in [3.05, 3.63) is 35.4 Å². The molecule has 0 saturated carbocycles. The minimum atomic E-state index is -0.862. The van der Waals surface area contributed by atoms with E-state index in [1.54, 1.807) is 12.1 Å². The fraction of sp³-hybridized carbons (Fsp3) is 0.562. The van der Waals surface area contributed by atoms with E-state index in [0.29, 0.717) is 11.5 Å². The van der Waals surface area contributed by atoms with E-state index < -0.39 is 5.97 Å². The fourth-order valence-electron chi connectivity index (χ4n) is 2.77. The molecule has 2 rings (SSSR count). The second-order valence-corrected chi connectivity index (χ2v) is 5.26. The van der Waals surface area contributed by atoms with Crippen molar-refractivity contribution in [3.8, 4) is 0 Å². The van der Waals surface area contributed by atoms with Crippen molar-refractivity contribution in [2.45, 2.75) is 25.7 Å². The number of carboxylic acid groups (broad SMARTS) is 1. The summed E-state index contributed by atoms with van der Waals surface area (Å²) in [5.41, 5.74) is 1.61. The van der Waals surface area contributed by atoms with Gasteiger partial charge >= 0.3 is 5.97 Å². The van der Waals surface area contributed by atoms with Crippen molar-refractivity contribution >= 4 is 5.97 Å². The Labute approximate surface area is 120 Å². The predicted octanol–water partition coefficient (Wildman–Crippen LogP) is 2.60. The summed E-state index contributed by atoms with van der Waals surface area (Å²) in [7, 11) is 0. The maximum Gasteiger partial charge on any atom is 0.335 e. The number of carboxylic acids is 1. The molecular formula is C16H23NO3. The van der Waals surface area contributed by atoms with Gasteiger partial charge in [0.15, 0.2) is 0 Å². The van der Waals surface area contributed by atoms with Crippen molar-refractivity contribution in [2.24, 2.45) is 0 Å². The van der Waals surface area contributed by atoms with Gasteiger partial charge in [-0.2, -0.15) is 0 Å². The number of nitrogens with zero attached hydrogens (tertiary/aromatic N) is 1. The third-order valence-corrected chi connectivity index (χ3v) is 3.89. The number of aromatic carboxylic acids is 1. The van der Waals surface area contributed by atoms with Crippen LogP contribution >= 0.6 is 0 Å². The van der Waals surface area contributed by atoms with Crippen LogP contribution in [0.3, 0.4) is 0 Å². The van der Waals surface area contributed by atoms with E-state index in [2.05, 4.69) is 4.90 Å². The molecule has 1 aromatic carbocycles. The molecule has 1 aliphatic heterocycles. The molecule has 110 valence electrons. The molecule has 0 unspecified atom stereocenters. The molecule has 1 atom stereocenters. The average Bonchev–Trinajstić information content (AvgIpc) is 2.48. The van der Waals surface area contributed by atoms with Crippen LogP contribution in [0.5, 0.6) is 0 Å². The highest BCUT2D eigenvalue weighted by molar-refractivity contribution is 5.87. The second kappa shape index (κ2) is 7.41. The monoisotopic (exact) mass is 277 g/mol. The van der Waals surface area contributed by atoms with Gasteiger partial charge in [-0.1, -0.05) is 12.1 Å². The van der Waals surface area contributed by atoms with Gasteiger partial charge in [-0.05, 0) is 49.9 Å². The number of rotatable bonds is 6. The lowest BCUT2D eigenvalue weighted by molar-refractivity contribution is 0.0696. The molecule has 0 aliphatic carbocycles.